The Morgan fingerprint density at radius 2 is 2.20 bits per heavy atom. The molecule has 0 radical (unpaired) electrons. The lowest BCUT2D eigenvalue weighted by molar-refractivity contribution is -0.0210. The molecule has 2 aromatic rings. The Bertz CT molecular complexity index is 570. The third-order valence-corrected chi connectivity index (χ3v) is 4.73. The summed E-state index contributed by atoms with van der Waals surface area (Å²) in [4.78, 5) is 8.15. The number of morpholine rings is 1. The number of hydrogen-bond donors (Lipinski definition) is 1. The summed E-state index contributed by atoms with van der Waals surface area (Å²) in [5, 5.41) is 1.04. The molecule has 0 saturated carbocycles. The number of aromatic nitrogens is 1. The highest BCUT2D eigenvalue weighted by Gasteiger charge is 2.24. The van der Waals surface area contributed by atoms with E-state index >= 15 is 0 Å². The summed E-state index contributed by atoms with van der Waals surface area (Å²) in [5.74, 6) is 0. The average molecular weight is 289 g/mol. The minimum absolute atomic E-state index is 0.0708. The fraction of sp³-hybridized carbons (Fsp3) is 0.400. The van der Waals surface area contributed by atoms with Crippen molar-refractivity contribution in [2.75, 3.05) is 26.7 Å². The van der Waals surface area contributed by atoms with Gasteiger partial charge < -0.3 is 15.4 Å². The Morgan fingerprint density at radius 3 is 2.90 bits per heavy atom. The SMILES string of the molecule is CN1CCOC(c2nc(CN)c(-c3ccccc3)s2)C1. The second kappa shape index (κ2) is 6.01. The summed E-state index contributed by atoms with van der Waals surface area (Å²) in [6.07, 6.45) is 0.0708. The summed E-state index contributed by atoms with van der Waals surface area (Å²) in [6.45, 7) is 3.10. The molecule has 3 rings (SSSR count). The number of ether oxygens (including phenoxy) is 1. The van der Waals surface area contributed by atoms with Gasteiger partial charge in [0.05, 0.1) is 17.2 Å². The first kappa shape index (κ1) is 13.7. The monoisotopic (exact) mass is 289 g/mol. The van der Waals surface area contributed by atoms with E-state index in [1.54, 1.807) is 11.3 Å². The van der Waals surface area contributed by atoms with E-state index in [9.17, 15) is 0 Å². The van der Waals surface area contributed by atoms with E-state index in [0.717, 1.165) is 30.4 Å². The van der Waals surface area contributed by atoms with Gasteiger partial charge in [-0.25, -0.2) is 4.98 Å². The van der Waals surface area contributed by atoms with Crippen LogP contribution in [0.2, 0.25) is 0 Å². The normalized spacial score (nSPS) is 20.2. The number of thiazole rings is 1. The minimum Gasteiger partial charge on any atom is -0.368 e. The molecule has 2 heterocycles. The lowest BCUT2D eigenvalue weighted by Crippen LogP contribution is -2.35. The van der Waals surface area contributed by atoms with Gasteiger partial charge in [-0.2, -0.15) is 0 Å². The topological polar surface area (TPSA) is 51.4 Å². The van der Waals surface area contributed by atoms with Crippen molar-refractivity contribution in [1.82, 2.24) is 9.88 Å². The van der Waals surface area contributed by atoms with E-state index in [2.05, 4.69) is 24.1 Å². The summed E-state index contributed by atoms with van der Waals surface area (Å²) < 4.78 is 5.85. The van der Waals surface area contributed by atoms with E-state index in [-0.39, 0.29) is 6.10 Å². The van der Waals surface area contributed by atoms with Crippen molar-refractivity contribution in [3.63, 3.8) is 0 Å². The zero-order valence-corrected chi connectivity index (χ0v) is 12.4. The smallest absolute Gasteiger partial charge is 0.124 e. The van der Waals surface area contributed by atoms with E-state index < -0.39 is 0 Å². The van der Waals surface area contributed by atoms with Crippen LogP contribution in [-0.2, 0) is 11.3 Å². The van der Waals surface area contributed by atoms with E-state index in [0.29, 0.717) is 6.54 Å². The van der Waals surface area contributed by atoms with E-state index in [1.807, 2.05) is 18.2 Å². The van der Waals surface area contributed by atoms with Crippen LogP contribution in [0.1, 0.15) is 16.8 Å². The van der Waals surface area contributed by atoms with Crippen molar-refractivity contribution in [1.29, 1.82) is 0 Å². The van der Waals surface area contributed by atoms with Crippen LogP contribution in [0.25, 0.3) is 10.4 Å². The number of hydrogen-bond acceptors (Lipinski definition) is 5. The van der Waals surface area contributed by atoms with Gasteiger partial charge >= 0.3 is 0 Å². The van der Waals surface area contributed by atoms with Gasteiger partial charge in [-0.1, -0.05) is 30.3 Å². The number of rotatable bonds is 3. The van der Waals surface area contributed by atoms with Gasteiger partial charge in [0, 0.05) is 19.6 Å². The molecule has 20 heavy (non-hydrogen) atoms. The lowest BCUT2D eigenvalue weighted by Gasteiger charge is -2.28. The average Bonchev–Trinajstić information content (AvgIpc) is 2.92. The Kier molecular flexibility index (Phi) is 4.12. The van der Waals surface area contributed by atoms with Crippen LogP contribution in [-0.4, -0.2) is 36.6 Å². The molecule has 0 aliphatic carbocycles. The third-order valence-electron chi connectivity index (χ3n) is 3.49. The molecule has 1 aromatic carbocycles. The van der Waals surface area contributed by atoms with Gasteiger partial charge in [0.15, 0.2) is 0 Å². The van der Waals surface area contributed by atoms with E-state index in [1.165, 1.54) is 10.4 Å². The van der Waals surface area contributed by atoms with Crippen LogP contribution < -0.4 is 5.73 Å². The molecule has 2 N–H and O–H groups in total. The summed E-state index contributed by atoms with van der Waals surface area (Å²) >= 11 is 1.70. The Balaban J connectivity index is 1.92. The number of nitrogens with two attached hydrogens (primary N) is 1. The molecule has 1 aliphatic heterocycles. The van der Waals surface area contributed by atoms with Crippen LogP contribution in [0.3, 0.4) is 0 Å². The first-order chi connectivity index (χ1) is 9.78. The van der Waals surface area contributed by atoms with Gasteiger partial charge in [-0.15, -0.1) is 11.3 Å². The molecule has 1 fully saturated rings. The fourth-order valence-electron chi connectivity index (χ4n) is 2.39. The van der Waals surface area contributed by atoms with Gasteiger partial charge in [0.1, 0.15) is 11.1 Å². The zero-order chi connectivity index (χ0) is 13.9. The first-order valence-corrected chi connectivity index (χ1v) is 7.65. The molecule has 1 saturated heterocycles. The largest absolute Gasteiger partial charge is 0.368 e. The van der Waals surface area contributed by atoms with Gasteiger partial charge in [-0.3, -0.25) is 0 Å². The zero-order valence-electron chi connectivity index (χ0n) is 11.6. The van der Waals surface area contributed by atoms with E-state index in [4.69, 9.17) is 15.5 Å². The molecule has 5 heteroatoms. The highest BCUT2D eigenvalue weighted by Crippen LogP contribution is 2.34. The Hall–Kier alpha value is -1.27. The van der Waals surface area contributed by atoms with Crippen molar-refractivity contribution in [2.45, 2.75) is 12.6 Å². The summed E-state index contributed by atoms with van der Waals surface area (Å²) in [7, 11) is 2.12. The maximum absolute atomic E-state index is 5.85. The second-order valence-corrected chi connectivity index (χ2v) is 6.05. The molecule has 4 nitrogen and oxygen atoms in total. The lowest BCUT2D eigenvalue weighted by atomic mass is 10.1. The first-order valence-electron chi connectivity index (χ1n) is 6.83. The second-order valence-electron chi connectivity index (χ2n) is 5.02. The summed E-state index contributed by atoms with van der Waals surface area (Å²) in [5.41, 5.74) is 8.00. The standard InChI is InChI=1S/C15H19N3OS/c1-18-7-8-19-13(10-18)15-17-12(9-16)14(20-15)11-5-3-2-4-6-11/h2-6,13H,7-10,16H2,1H3. The molecule has 1 atom stereocenters. The van der Waals surface area contributed by atoms with Crippen LogP contribution in [0.5, 0.6) is 0 Å². The number of likely N-dealkylation sites (N-methyl/N-ethyl adjacent to an activating group) is 1. The number of nitrogens with zero attached hydrogens (tertiary/aromatic N) is 2. The summed E-state index contributed by atoms with van der Waals surface area (Å²) in [6, 6.07) is 10.3. The molecule has 0 bridgehead atoms. The Morgan fingerprint density at radius 1 is 1.40 bits per heavy atom. The fourth-order valence-corrected chi connectivity index (χ4v) is 3.53. The van der Waals surface area contributed by atoms with Crippen LogP contribution >= 0.6 is 11.3 Å². The molecular formula is C15H19N3OS. The molecule has 0 amide bonds. The maximum atomic E-state index is 5.85. The minimum atomic E-state index is 0.0708. The third kappa shape index (κ3) is 2.76. The molecule has 1 aromatic heterocycles. The van der Waals surface area contributed by atoms with Crippen molar-refractivity contribution in [3.05, 3.63) is 41.0 Å². The van der Waals surface area contributed by atoms with Crippen molar-refractivity contribution >= 4 is 11.3 Å². The molecule has 1 aliphatic rings. The quantitative estimate of drug-likeness (QED) is 0.942. The van der Waals surface area contributed by atoms with Gasteiger partial charge in [0.2, 0.25) is 0 Å². The van der Waals surface area contributed by atoms with Gasteiger partial charge in [-0.05, 0) is 12.6 Å². The predicted octanol–water partition coefficient (Wildman–Crippen LogP) is 2.27. The Labute approximate surface area is 123 Å². The molecular weight excluding hydrogens is 270 g/mol. The van der Waals surface area contributed by atoms with Crippen molar-refractivity contribution in [2.24, 2.45) is 5.73 Å². The highest BCUT2D eigenvalue weighted by molar-refractivity contribution is 7.15. The van der Waals surface area contributed by atoms with Gasteiger partial charge in [0.25, 0.3) is 0 Å². The van der Waals surface area contributed by atoms with Crippen LogP contribution in [0, 0.1) is 0 Å². The maximum Gasteiger partial charge on any atom is 0.124 e. The molecule has 0 spiro atoms. The highest BCUT2D eigenvalue weighted by atomic mass is 32.1. The van der Waals surface area contributed by atoms with Crippen molar-refractivity contribution in [3.8, 4) is 10.4 Å². The molecule has 106 valence electrons. The number of benzene rings is 1. The van der Waals surface area contributed by atoms with Crippen molar-refractivity contribution < 1.29 is 4.74 Å². The molecule has 1 unspecified atom stereocenters. The van der Waals surface area contributed by atoms with Crippen LogP contribution in [0.15, 0.2) is 30.3 Å². The predicted molar refractivity (Wildman–Crippen MR) is 81.6 cm³/mol. The van der Waals surface area contributed by atoms with Crippen LogP contribution in [0.4, 0.5) is 0 Å².